The lowest BCUT2D eigenvalue weighted by Crippen LogP contribution is -2.13. The number of rotatable bonds is 5. The molecule has 1 aromatic carbocycles. The lowest BCUT2D eigenvalue weighted by molar-refractivity contribution is -0.115. The van der Waals surface area contributed by atoms with Crippen LogP contribution in [0.1, 0.15) is 18.9 Å². The third-order valence-electron chi connectivity index (χ3n) is 2.26. The SMILES string of the molecule is CCc1cc(Br)ccc1NC(=O)CCSC. The molecule has 1 amide bonds. The number of nitrogens with one attached hydrogen (secondary N) is 1. The molecule has 1 aromatic rings. The van der Waals surface area contributed by atoms with Gasteiger partial charge in [0.25, 0.3) is 0 Å². The summed E-state index contributed by atoms with van der Waals surface area (Å²) in [6.07, 6.45) is 3.49. The zero-order valence-corrected chi connectivity index (χ0v) is 12.0. The molecule has 88 valence electrons. The van der Waals surface area contributed by atoms with E-state index in [0.29, 0.717) is 6.42 Å². The zero-order valence-electron chi connectivity index (χ0n) is 9.55. The van der Waals surface area contributed by atoms with Crippen LogP contribution < -0.4 is 5.32 Å². The highest BCUT2D eigenvalue weighted by molar-refractivity contribution is 9.10. The standard InChI is InChI=1S/C12H16BrNOS/c1-3-9-8-10(13)4-5-11(9)14-12(15)6-7-16-2/h4-5,8H,3,6-7H2,1-2H3,(H,14,15). The minimum absolute atomic E-state index is 0.0892. The van der Waals surface area contributed by atoms with Gasteiger partial charge in [0.2, 0.25) is 5.91 Å². The molecule has 0 aromatic heterocycles. The number of hydrogen-bond acceptors (Lipinski definition) is 2. The van der Waals surface area contributed by atoms with Crippen molar-refractivity contribution in [1.29, 1.82) is 0 Å². The van der Waals surface area contributed by atoms with Crippen molar-refractivity contribution in [2.75, 3.05) is 17.3 Å². The molecule has 0 atom stereocenters. The Bertz CT molecular complexity index is 368. The van der Waals surface area contributed by atoms with E-state index in [1.807, 2.05) is 24.5 Å². The summed E-state index contributed by atoms with van der Waals surface area (Å²) in [4.78, 5) is 11.6. The van der Waals surface area contributed by atoms with Crippen molar-refractivity contribution >= 4 is 39.3 Å². The average Bonchev–Trinajstić information content (AvgIpc) is 2.28. The quantitative estimate of drug-likeness (QED) is 0.898. The van der Waals surface area contributed by atoms with Crippen molar-refractivity contribution in [1.82, 2.24) is 0 Å². The fourth-order valence-electron chi connectivity index (χ4n) is 1.38. The fourth-order valence-corrected chi connectivity index (χ4v) is 2.18. The van der Waals surface area contributed by atoms with E-state index in [2.05, 4.69) is 28.2 Å². The van der Waals surface area contributed by atoms with Crippen molar-refractivity contribution < 1.29 is 4.79 Å². The number of halogens is 1. The van der Waals surface area contributed by atoms with Crippen molar-refractivity contribution in [2.45, 2.75) is 19.8 Å². The zero-order chi connectivity index (χ0) is 12.0. The predicted molar refractivity (Wildman–Crippen MR) is 75.1 cm³/mol. The van der Waals surface area contributed by atoms with Crippen molar-refractivity contribution in [2.24, 2.45) is 0 Å². The van der Waals surface area contributed by atoms with Crippen LogP contribution in [0.5, 0.6) is 0 Å². The Morgan fingerprint density at radius 3 is 2.88 bits per heavy atom. The first kappa shape index (κ1) is 13.6. The molecule has 0 saturated carbocycles. The van der Waals surface area contributed by atoms with Gasteiger partial charge in [0.15, 0.2) is 0 Å². The van der Waals surface area contributed by atoms with Crippen LogP contribution >= 0.6 is 27.7 Å². The van der Waals surface area contributed by atoms with Gasteiger partial charge in [-0.1, -0.05) is 22.9 Å². The minimum atomic E-state index is 0.0892. The summed E-state index contributed by atoms with van der Waals surface area (Å²) < 4.78 is 1.05. The third-order valence-corrected chi connectivity index (χ3v) is 3.36. The normalized spacial score (nSPS) is 10.2. The van der Waals surface area contributed by atoms with Gasteiger partial charge in [0, 0.05) is 22.3 Å². The predicted octanol–water partition coefficient (Wildman–Crippen LogP) is 3.70. The molecule has 0 saturated heterocycles. The van der Waals surface area contributed by atoms with Crippen LogP contribution in [0.25, 0.3) is 0 Å². The van der Waals surface area contributed by atoms with Crippen LogP contribution in [0.3, 0.4) is 0 Å². The number of thioether (sulfide) groups is 1. The molecule has 0 spiro atoms. The van der Waals surface area contributed by atoms with E-state index in [9.17, 15) is 4.79 Å². The molecule has 1 N–H and O–H groups in total. The maximum atomic E-state index is 11.6. The topological polar surface area (TPSA) is 29.1 Å². The van der Waals surface area contributed by atoms with Crippen LogP contribution in [0.15, 0.2) is 22.7 Å². The summed E-state index contributed by atoms with van der Waals surface area (Å²) in [5.74, 6) is 0.954. The van der Waals surface area contributed by atoms with Crippen molar-refractivity contribution in [3.63, 3.8) is 0 Å². The van der Waals surface area contributed by atoms with E-state index >= 15 is 0 Å². The molecule has 4 heteroatoms. The van der Waals surface area contributed by atoms with Gasteiger partial charge in [0.05, 0.1) is 0 Å². The van der Waals surface area contributed by atoms with E-state index in [-0.39, 0.29) is 5.91 Å². The molecule has 1 rings (SSSR count). The molecule has 2 nitrogen and oxygen atoms in total. The second kappa shape index (κ2) is 6.97. The Morgan fingerprint density at radius 2 is 2.25 bits per heavy atom. The van der Waals surface area contributed by atoms with E-state index < -0.39 is 0 Å². The third kappa shape index (κ3) is 4.18. The number of amides is 1. The summed E-state index contributed by atoms with van der Waals surface area (Å²) in [6.45, 7) is 2.08. The van der Waals surface area contributed by atoms with Crippen LogP contribution in [0, 0.1) is 0 Å². The molecule has 0 aliphatic carbocycles. The molecule has 0 bridgehead atoms. The summed E-state index contributed by atoms with van der Waals surface area (Å²) in [5, 5.41) is 2.95. The van der Waals surface area contributed by atoms with Crippen LogP contribution in [-0.4, -0.2) is 17.9 Å². The van der Waals surface area contributed by atoms with Gasteiger partial charge in [-0.15, -0.1) is 0 Å². The smallest absolute Gasteiger partial charge is 0.225 e. The second-order valence-corrected chi connectivity index (χ2v) is 5.35. The number of hydrogen-bond donors (Lipinski definition) is 1. The molecular formula is C12H16BrNOS. The van der Waals surface area contributed by atoms with Crippen molar-refractivity contribution in [3.8, 4) is 0 Å². The molecule has 0 heterocycles. The largest absolute Gasteiger partial charge is 0.326 e. The summed E-state index contributed by atoms with van der Waals surface area (Å²) in [7, 11) is 0. The van der Waals surface area contributed by atoms with E-state index in [0.717, 1.165) is 27.9 Å². The number of carbonyl (C=O) groups excluding carboxylic acids is 1. The number of benzene rings is 1. The van der Waals surface area contributed by atoms with Gasteiger partial charge >= 0.3 is 0 Å². The maximum absolute atomic E-state index is 11.6. The Labute approximate surface area is 109 Å². The molecule has 0 unspecified atom stereocenters. The highest BCUT2D eigenvalue weighted by atomic mass is 79.9. The highest BCUT2D eigenvalue weighted by Crippen LogP contribution is 2.21. The van der Waals surface area contributed by atoms with Gasteiger partial charge in [-0.2, -0.15) is 11.8 Å². The van der Waals surface area contributed by atoms with Gasteiger partial charge in [-0.3, -0.25) is 4.79 Å². The highest BCUT2D eigenvalue weighted by Gasteiger charge is 2.05. The number of anilines is 1. The first-order valence-electron chi connectivity index (χ1n) is 5.24. The maximum Gasteiger partial charge on any atom is 0.225 e. The lowest BCUT2D eigenvalue weighted by Gasteiger charge is -2.10. The Kier molecular flexibility index (Phi) is 5.91. The van der Waals surface area contributed by atoms with Crippen LogP contribution in [0.4, 0.5) is 5.69 Å². The molecule has 0 fully saturated rings. The molecule has 16 heavy (non-hydrogen) atoms. The van der Waals surface area contributed by atoms with Crippen molar-refractivity contribution in [3.05, 3.63) is 28.2 Å². The average molecular weight is 302 g/mol. The Morgan fingerprint density at radius 1 is 1.50 bits per heavy atom. The molecule has 0 aliphatic rings. The van der Waals surface area contributed by atoms with Crippen LogP contribution in [-0.2, 0) is 11.2 Å². The van der Waals surface area contributed by atoms with Gasteiger partial charge in [-0.05, 0) is 36.4 Å². The number of carbonyl (C=O) groups is 1. The minimum Gasteiger partial charge on any atom is -0.326 e. The lowest BCUT2D eigenvalue weighted by atomic mass is 10.1. The van der Waals surface area contributed by atoms with E-state index in [4.69, 9.17) is 0 Å². The first-order valence-corrected chi connectivity index (χ1v) is 7.43. The Hall–Kier alpha value is -0.480. The van der Waals surface area contributed by atoms with E-state index in [1.54, 1.807) is 11.8 Å². The first-order chi connectivity index (χ1) is 7.67. The summed E-state index contributed by atoms with van der Waals surface area (Å²) >= 11 is 5.11. The summed E-state index contributed by atoms with van der Waals surface area (Å²) in [5.41, 5.74) is 2.09. The van der Waals surface area contributed by atoms with Gasteiger partial charge in [0.1, 0.15) is 0 Å². The summed E-state index contributed by atoms with van der Waals surface area (Å²) in [6, 6.07) is 5.94. The van der Waals surface area contributed by atoms with Gasteiger partial charge < -0.3 is 5.32 Å². The monoisotopic (exact) mass is 301 g/mol. The van der Waals surface area contributed by atoms with Crippen LogP contribution in [0.2, 0.25) is 0 Å². The molecular weight excluding hydrogens is 286 g/mol. The second-order valence-electron chi connectivity index (χ2n) is 3.45. The number of aryl methyl sites for hydroxylation is 1. The van der Waals surface area contributed by atoms with E-state index in [1.165, 1.54) is 0 Å². The fraction of sp³-hybridized carbons (Fsp3) is 0.417. The van der Waals surface area contributed by atoms with Gasteiger partial charge in [-0.25, -0.2) is 0 Å². The molecule has 0 radical (unpaired) electrons. The molecule has 0 aliphatic heterocycles. The Balaban J connectivity index is 2.69.